The molecule has 13 nitrogen and oxygen atoms in total. The number of likely N-dealkylation sites (tertiary alicyclic amines) is 1. The topological polar surface area (TPSA) is 140 Å². The lowest BCUT2D eigenvalue weighted by atomic mass is 10.1. The number of sulfonamides is 1. The van der Waals surface area contributed by atoms with Crippen LogP contribution in [-0.2, 0) is 21.3 Å². The summed E-state index contributed by atoms with van der Waals surface area (Å²) < 4.78 is 37.0. The Labute approximate surface area is 225 Å². The summed E-state index contributed by atoms with van der Waals surface area (Å²) in [5.74, 6) is 0. The molecule has 0 bridgehead atoms. The van der Waals surface area contributed by atoms with Gasteiger partial charge >= 0.3 is 6.09 Å². The second-order valence-electron chi connectivity index (χ2n) is 10.6. The molecule has 0 unspecified atom stereocenters. The van der Waals surface area contributed by atoms with Gasteiger partial charge in [0.15, 0.2) is 10.7 Å². The third-order valence-electron chi connectivity index (χ3n) is 6.73. The minimum absolute atomic E-state index is 0.0469. The fourth-order valence-corrected chi connectivity index (χ4v) is 6.18. The van der Waals surface area contributed by atoms with Crippen LogP contribution in [0.5, 0.6) is 0 Å². The van der Waals surface area contributed by atoms with E-state index in [1.165, 1.54) is 16.9 Å². The van der Waals surface area contributed by atoms with E-state index in [1.54, 1.807) is 35.5 Å². The number of hydrogen-bond acceptors (Lipinski definition) is 9. The number of pyridine rings is 1. The minimum Gasteiger partial charge on any atom is -0.444 e. The van der Waals surface area contributed by atoms with Crippen molar-refractivity contribution in [2.24, 2.45) is 0 Å². The van der Waals surface area contributed by atoms with Gasteiger partial charge in [0.2, 0.25) is 0 Å². The average Bonchev–Trinajstić information content (AvgIpc) is 3.66. The number of fused-ring (bicyclic) bond motifs is 2. The number of hydrazine groups is 1. The lowest BCUT2D eigenvalue weighted by Gasteiger charge is -2.33. The number of aromatic nitrogens is 6. The van der Waals surface area contributed by atoms with Gasteiger partial charge in [-0.15, -0.1) is 0 Å². The number of hydrogen-bond donors (Lipinski definition) is 1. The fourth-order valence-electron chi connectivity index (χ4n) is 4.80. The van der Waals surface area contributed by atoms with Crippen molar-refractivity contribution < 1.29 is 17.9 Å². The number of imidazole rings is 1. The summed E-state index contributed by atoms with van der Waals surface area (Å²) in [6.07, 6.45) is 9.44. The second kappa shape index (κ2) is 9.31. The maximum atomic E-state index is 13.6. The summed E-state index contributed by atoms with van der Waals surface area (Å²) in [5.41, 5.74) is 5.46. The predicted octanol–water partition coefficient (Wildman–Crippen LogP) is 2.77. The Morgan fingerprint density at radius 3 is 2.64 bits per heavy atom. The van der Waals surface area contributed by atoms with E-state index >= 15 is 0 Å². The molecule has 6 rings (SSSR count). The number of carbonyl (C=O) groups is 1. The first kappa shape index (κ1) is 25.2. The van der Waals surface area contributed by atoms with Gasteiger partial charge in [-0.2, -0.15) is 23.0 Å². The number of carbonyl (C=O) groups excluding carboxylic acids is 1. The molecule has 0 radical (unpaired) electrons. The third-order valence-corrected chi connectivity index (χ3v) is 8.35. The van der Waals surface area contributed by atoms with Crippen LogP contribution in [0, 0.1) is 0 Å². The van der Waals surface area contributed by atoms with E-state index in [4.69, 9.17) is 4.74 Å². The normalized spacial score (nSPS) is 16.6. The number of ether oxygens (including phenoxy) is 1. The molecular formula is C25H29N9O4S. The van der Waals surface area contributed by atoms with Crippen LogP contribution in [0.15, 0.2) is 54.2 Å². The molecule has 6 heterocycles. The number of anilines is 1. The zero-order valence-electron chi connectivity index (χ0n) is 21.9. The summed E-state index contributed by atoms with van der Waals surface area (Å²) in [4.78, 5) is 22.8. The quantitative estimate of drug-likeness (QED) is 0.405. The number of piperidine rings is 1. The highest BCUT2D eigenvalue weighted by Gasteiger charge is 2.35. The summed E-state index contributed by atoms with van der Waals surface area (Å²) >= 11 is 0. The molecule has 1 saturated heterocycles. The number of nitrogens with zero attached hydrogens (tertiary/aromatic N) is 8. The molecule has 0 saturated carbocycles. The molecule has 4 aromatic rings. The highest BCUT2D eigenvalue weighted by Crippen LogP contribution is 2.33. The lowest BCUT2D eigenvalue weighted by Crippen LogP contribution is -2.42. The maximum Gasteiger partial charge on any atom is 0.410 e. The molecule has 204 valence electrons. The highest BCUT2D eigenvalue weighted by molar-refractivity contribution is 7.92. The van der Waals surface area contributed by atoms with E-state index in [0.29, 0.717) is 30.1 Å². The van der Waals surface area contributed by atoms with Crippen molar-refractivity contribution in [2.45, 2.75) is 56.8 Å². The van der Waals surface area contributed by atoms with Crippen molar-refractivity contribution in [1.82, 2.24) is 39.7 Å². The lowest BCUT2D eigenvalue weighted by molar-refractivity contribution is 0.0184. The van der Waals surface area contributed by atoms with Gasteiger partial charge in [-0.1, -0.05) is 0 Å². The van der Waals surface area contributed by atoms with Crippen LogP contribution in [0.25, 0.3) is 16.8 Å². The average molecular weight is 552 g/mol. The molecule has 0 aromatic carbocycles. The van der Waals surface area contributed by atoms with E-state index in [2.05, 4.69) is 25.6 Å². The highest BCUT2D eigenvalue weighted by atomic mass is 32.2. The first-order valence-corrected chi connectivity index (χ1v) is 14.1. The monoisotopic (exact) mass is 551 g/mol. The van der Waals surface area contributed by atoms with Gasteiger partial charge < -0.3 is 9.64 Å². The van der Waals surface area contributed by atoms with E-state index in [1.807, 2.05) is 31.6 Å². The minimum atomic E-state index is -4.01. The van der Waals surface area contributed by atoms with Gasteiger partial charge in [-0.05, 0) is 51.8 Å². The van der Waals surface area contributed by atoms with Gasteiger partial charge in [0, 0.05) is 42.8 Å². The fraction of sp³-hybridized carbons (Fsp3) is 0.400. The Morgan fingerprint density at radius 2 is 1.87 bits per heavy atom. The molecule has 0 spiro atoms. The van der Waals surface area contributed by atoms with Gasteiger partial charge in [0.05, 0.1) is 36.4 Å². The Bertz CT molecular complexity index is 1650. The molecule has 39 heavy (non-hydrogen) atoms. The molecule has 1 amide bonds. The van der Waals surface area contributed by atoms with Crippen molar-refractivity contribution >= 4 is 27.5 Å². The summed E-state index contributed by atoms with van der Waals surface area (Å²) in [6.45, 7) is 7.03. The number of amides is 1. The Kier molecular flexibility index (Phi) is 6.03. The van der Waals surface area contributed by atoms with Crippen molar-refractivity contribution in [3.63, 3.8) is 0 Å². The van der Waals surface area contributed by atoms with Crippen LogP contribution in [0.3, 0.4) is 0 Å². The van der Waals surface area contributed by atoms with Crippen molar-refractivity contribution in [2.75, 3.05) is 17.5 Å². The Morgan fingerprint density at radius 1 is 1.08 bits per heavy atom. The van der Waals surface area contributed by atoms with Gasteiger partial charge in [-0.25, -0.2) is 19.7 Å². The van der Waals surface area contributed by atoms with Crippen LogP contribution in [0.2, 0.25) is 0 Å². The van der Waals surface area contributed by atoms with Gasteiger partial charge in [0.1, 0.15) is 5.60 Å². The Balaban J connectivity index is 1.20. The van der Waals surface area contributed by atoms with E-state index < -0.39 is 15.6 Å². The van der Waals surface area contributed by atoms with E-state index in [0.717, 1.165) is 28.4 Å². The van der Waals surface area contributed by atoms with Crippen molar-refractivity contribution in [3.05, 3.63) is 54.9 Å². The molecule has 0 aliphatic carbocycles. The molecule has 1 N–H and O–H groups in total. The van der Waals surface area contributed by atoms with E-state index in [9.17, 15) is 13.2 Å². The molecule has 2 aliphatic rings. The van der Waals surface area contributed by atoms with Crippen LogP contribution in [0.1, 0.15) is 45.3 Å². The zero-order chi connectivity index (χ0) is 27.4. The summed E-state index contributed by atoms with van der Waals surface area (Å²) in [7, 11) is -4.01. The van der Waals surface area contributed by atoms with Crippen LogP contribution >= 0.6 is 0 Å². The smallest absolute Gasteiger partial charge is 0.410 e. The van der Waals surface area contributed by atoms with Crippen LogP contribution in [-0.4, -0.2) is 67.5 Å². The largest absolute Gasteiger partial charge is 0.444 e. The molecule has 14 heteroatoms. The molecule has 0 atom stereocenters. The first-order chi connectivity index (χ1) is 18.6. The second-order valence-corrected chi connectivity index (χ2v) is 12.3. The van der Waals surface area contributed by atoms with E-state index in [-0.39, 0.29) is 23.7 Å². The third kappa shape index (κ3) is 4.69. The zero-order valence-corrected chi connectivity index (χ0v) is 22.7. The molecule has 4 aromatic heterocycles. The first-order valence-electron chi connectivity index (χ1n) is 12.7. The van der Waals surface area contributed by atoms with Crippen LogP contribution < -0.4 is 9.84 Å². The molecule has 1 fully saturated rings. The van der Waals surface area contributed by atoms with Crippen molar-refractivity contribution in [1.29, 1.82) is 0 Å². The molecule has 2 aliphatic heterocycles. The van der Waals surface area contributed by atoms with Gasteiger partial charge in [0.25, 0.3) is 10.0 Å². The van der Waals surface area contributed by atoms with Crippen LogP contribution in [0.4, 0.5) is 10.5 Å². The number of nitrogens with one attached hydrogen (secondary N) is 1. The number of rotatable bonds is 4. The van der Waals surface area contributed by atoms with Gasteiger partial charge in [-0.3, -0.25) is 9.67 Å². The SMILES string of the molecule is CC(C)(C)OC(=O)N1CCC(n2cc(-c3cnc4c(c3)N(S(=O)(=O)c3cnc5cccnn35)NC4)cn2)CC1. The standard InChI is InChI=1S/C25H29N9O4S/c1-25(2,3)38-24(35)31-9-6-19(7-10-31)32-16-18(13-29-32)17-11-21-20(26-12-17)14-30-34(21)39(36,37)23-15-27-22-5-4-8-28-33(22)23/h4-5,8,11-13,15-16,19,30H,6-7,9-10,14H2,1-3H3. The summed E-state index contributed by atoms with van der Waals surface area (Å²) in [5, 5.41) is 8.66. The van der Waals surface area contributed by atoms with Crippen molar-refractivity contribution in [3.8, 4) is 11.1 Å². The predicted molar refractivity (Wildman–Crippen MR) is 141 cm³/mol. The maximum absolute atomic E-state index is 13.6. The Hall–Kier alpha value is -4.04. The molecular weight excluding hydrogens is 522 g/mol. The summed E-state index contributed by atoms with van der Waals surface area (Å²) in [6, 6.07) is 5.32.